The second-order valence-corrected chi connectivity index (χ2v) is 6.64. The van der Waals surface area contributed by atoms with Crippen LogP contribution in [-0.4, -0.2) is 19.1 Å². The highest BCUT2D eigenvalue weighted by molar-refractivity contribution is 6.07. The Kier molecular flexibility index (Phi) is 6.32. The molecule has 0 unspecified atom stereocenters. The molecule has 0 saturated heterocycles. The monoisotopic (exact) mass is 360 g/mol. The quantitative estimate of drug-likeness (QED) is 0.826. The Balaban J connectivity index is 0.00000225. The molecule has 3 rings (SSSR count). The summed E-state index contributed by atoms with van der Waals surface area (Å²) in [5.74, 6) is 1.18. The van der Waals surface area contributed by atoms with E-state index in [0.29, 0.717) is 24.6 Å². The van der Waals surface area contributed by atoms with Gasteiger partial charge in [-0.2, -0.15) is 0 Å². The Bertz CT molecular complexity index is 746. The maximum absolute atomic E-state index is 13.0. The van der Waals surface area contributed by atoms with Gasteiger partial charge in [0, 0.05) is 23.5 Å². The molecule has 2 N–H and O–H groups in total. The first-order valence-electron chi connectivity index (χ1n) is 8.48. The second kappa shape index (κ2) is 8.26. The summed E-state index contributed by atoms with van der Waals surface area (Å²) in [7, 11) is 0. The van der Waals surface area contributed by atoms with Crippen molar-refractivity contribution in [2.24, 2.45) is 5.92 Å². The van der Waals surface area contributed by atoms with Crippen molar-refractivity contribution in [1.82, 2.24) is 0 Å². The summed E-state index contributed by atoms with van der Waals surface area (Å²) in [6.45, 7) is 5.56. The average molecular weight is 361 g/mol. The van der Waals surface area contributed by atoms with Crippen LogP contribution < -0.4 is 15.4 Å². The molecule has 0 saturated carbocycles. The topological polar surface area (TPSA) is 55.6 Å². The summed E-state index contributed by atoms with van der Waals surface area (Å²) in [6, 6.07) is 13.2. The fourth-order valence-electron chi connectivity index (χ4n) is 3.00. The molecular formula is C20H25ClN2O2. The normalized spacial score (nSPS) is 13.2. The van der Waals surface area contributed by atoms with Gasteiger partial charge in [-0.15, -0.1) is 12.4 Å². The fraction of sp³-hybridized carbons (Fsp3) is 0.350. The first kappa shape index (κ1) is 19.1. The van der Waals surface area contributed by atoms with Crippen molar-refractivity contribution < 1.29 is 9.53 Å². The molecule has 1 aliphatic heterocycles. The number of nitrogens with zero attached hydrogens (tertiary/aromatic N) is 1. The van der Waals surface area contributed by atoms with Crippen LogP contribution in [0.25, 0.3) is 0 Å². The van der Waals surface area contributed by atoms with Gasteiger partial charge in [-0.25, -0.2) is 0 Å². The van der Waals surface area contributed by atoms with Gasteiger partial charge in [0.15, 0.2) is 0 Å². The van der Waals surface area contributed by atoms with Gasteiger partial charge in [0.05, 0.1) is 6.61 Å². The number of rotatable bonds is 4. The first-order chi connectivity index (χ1) is 11.6. The minimum atomic E-state index is -0.00320. The van der Waals surface area contributed by atoms with Gasteiger partial charge in [0.25, 0.3) is 5.91 Å². The third kappa shape index (κ3) is 4.26. The molecule has 0 bridgehead atoms. The number of ether oxygens (including phenoxy) is 1. The summed E-state index contributed by atoms with van der Waals surface area (Å²) < 4.78 is 5.74. The molecule has 0 atom stereocenters. The van der Waals surface area contributed by atoms with E-state index >= 15 is 0 Å². The van der Waals surface area contributed by atoms with Gasteiger partial charge in [0.1, 0.15) is 5.75 Å². The van der Waals surface area contributed by atoms with Gasteiger partial charge < -0.3 is 15.4 Å². The number of nitrogen functional groups attached to an aromatic ring is 1. The Morgan fingerprint density at radius 2 is 2.00 bits per heavy atom. The number of carbonyl (C=O) groups is 1. The molecule has 2 aromatic carbocycles. The molecule has 134 valence electrons. The van der Waals surface area contributed by atoms with Crippen LogP contribution in [0.3, 0.4) is 0 Å². The van der Waals surface area contributed by atoms with Gasteiger partial charge in [-0.3, -0.25) is 4.79 Å². The molecule has 0 aliphatic carbocycles. The van der Waals surface area contributed by atoms with Crippen LogP contribution in [-0.2, 0) is 6.42 Å². The zero-order valence-corrected chi connectivity index (χ0v) is 15.5. The smallest absolute Gasteiger partial charge is 0.258 e. The van der Waals surface area contributed by atoms with Crippen molar-refractivity contribution >= 4 is 29.7 Å². The Labute approximate surface area is 155 Å². The molecule has 25 heavy (non-hydrogen) atoms. The van der Waals surface area contributed by atoms with E-state index < -0.39 is 0 Å². The van der Waals surface area contributed by atoms with Crippen LogP contribution in [0.1, 0.15) is 36.2 Å². The summed E-state index contributed by atoms with van der Waals surface area (Å²) in [5.41, 5.74) is 9.49. The van der Waals surface area contributed by atoms with Crippen LogP contribution in [0, 0.1) is 5.92 Å². The van der Waals surface area contributed by atoms with Crippen molar-refractivity contribution in [1.29, 1.82) is 0 Å². The molecular weight excluding hydrogens is 336 g/mol. The zero-order chi connectivity index (χ0) is 17.1. The number of fused-ring (bicyclic) bond motifs is 1. The largest absolute Gasteiger partial charge is 0.493 e. The number of benzene rings is 2. The van der Waals surface area contributed by atoms with E-state index in [1.165, 1.54) is 0 Å². The molecule has 1 amide bonds. The number of carbonyl (C=O) groups excluding carboxylic acids is 1. The van der Waals surface area contributed by atoms with E-state index in [4.69, 9.17) is 10.5 Å². The molecule has 5 heteroatoms. The van der Waals surface area contributed by atoms with Gasteiger partial charge in [-0.1, -0.05) is 26.0 Å². The van der Waals surface area contributed by atoms with E-state index in [1.807, 2.05) is 47.4 Å². The number of hydrogen-bond acceptors (Lipinski definition) is 3. The Morgan fingerprint density at radius 3 is 2.76 bits per heavy atom. The van der Waals surface area contributed by atoms with E-state index in [0.717, 1.165) is 35.5 Å². The summed E-state index contributed by atoms with van der Waals surface area (Å²) >= 11 is 0. The van der Waals surface area contributed by atoms with Gasteiger partial charge >= 0.3 is 0 Å². The maximum atomic E-state index is 13.0. The first-order valence-corrected chi connectivity index (χ1v) is 8.48. The van der Waals surface area contributed by atoms with Crippen LogP contribution >= 0.6 is 12.4 Å². The van der Waals surface area contributed by atoms with Crippen LogP contribution in [0.2, 0.25) is 0 Å². The number of halogens is 1. The molecule has 4 nitrogen and oxygen atoms in total. The van der Waals surface area contributed by atoms with Crippen molar-refractivity contribution in [2.75, 3.05) is 23.8 Å². The minimum Gasteiger partial charge on any atom is -0.493 e. The van der Waals surface area contributed by atoms with Crippen molar-refractivity contribution in [3.8, 4) is 5.75 Å². The summed E-state index contributed by atoms with van der Waals surface area (Å²) in [4.78, 5) is 14.8. The highest BCUT2D eigenvalue weighted by Crippen LogP contribution is 2.32. The zero-order valence-electron chi connectivity index (χ0n) is 14.7. The lowest BCUT2D eigenvalue weighted by atomic mass is 9.99. The van der Waals surface area contributed by atoms with E-state index in [9.17, 15) is 4.79 Å². The standard InChI is InChI=1S/C20H24N2O2.ClH/c1-14(2)13-24-16-7-3-6-15(12-16)20(23)22-11-5-8-17-18(21)9-4-10-19(17)22;/h3-4,6-7,9-10,12,14H,5,8,11,13,21H2,1-2H3;1H. The van der Waals surface area contributed by atoms with Crippen molar-refractivity contribution in [3.63, 3.8) is 0 Å². The van der Waals surface area contributed by atoms with Gasteiger partial charge in [0.2, 0.25) is 0 Å². The predicted octanol–water partition coefficient (Wildman–Crippen LogP) is 4.32. The second-order valence-electron chi connectivity index (χ2n) is 6.64. The Hall–Kier alpha value is -2.20. The molecule has 0 radical (unpaired) electrons. The molecule has 0 spiro atoms. The molecule has 0 fully saturated rings. The number of nitrogens with two attached hydrogens (primary N) is 1. The highest BCUT2D eigenvalue weighted by Gasteiger charge is 2.24. The molecule has 1 heterocycles. The fourth-order valence-corrected chi connectivity index (χ4v) is 3.00. The van der Waals surface area contributed by atoms with Crippen molar-refractivity contribution in [3.05, 3.63) is 53.6 Å². The van der Waals surface area contributed by atoms with Crippen molar-refractivity contribution in [2.45, 2.75) is 26.7 Å². The minimum absolute atomic E-state index is 0. The number of anilines is 2. The molecule has 2 aromatic rings. The third-order valence-corrected chi connectivity index (χ3v) is 4.20. The lowest BCUT2D eigenvalue weighted by molar-refractivity contribution is 0.0984. The maximum Gasteiger partial charge on any atom is 0.258 e. The predicted molar refractivity (Wildman–Crippen MR) is 105 cm³/mol. The van der Waals surface area contributed by atoms with Gasteiger partial charge in [-0.05, 0) is 54.7 Å². The lowest BCUT2D eigenvalue weighted by Gasteiger charge is -2.30. The van der Waals surface area contributed by atoms with Crippen LogP contribution in [0.15, 0.2) is 42.5 Å². The lowest BCUT2D eigenvalue weighted by Crippen LogP contribution is -2.35. The molecule has 1 aliphatic rings. The number of amides is 1. The van der Waals surface area contributed by atoms with E-state index in [2.05, 4.69) is 13.8 Å². The van der Waals surface area contributed by atoms with E-state index in [1.54, 1.807) is 0 Å². The van der Waals surface area contributed by atoms with Crippen LogP contribution in [0.4, 0.5) is 11.4 Å². The Morgan fingerprint density at radius 1 is 1.24 bits per heavy atom. The van der Waals surface area contributed by atoms with Crippen LogP contribution in [0.5, 0.6) is 5.75 Å². The molecule has 0 aromatic heterocycles. The highest BCUT2D eigenvalue weighted by atomic mass is 35.5. The SMILES string of the molecule is CC(C)COc1cccc(C(=O)N2CCCc3c(N)cccc32)c1.Cl. The summed E-state index contributed by atoms with van der Waals surface area (Å²) in [5, 5.41) is 0. The average Bonchev–Trinajstić information content (AvgIpc) is 2.59. The summed E-state index contributed by atoms with van der Waals surface area (Å²) in [6.07, 6.45) is 1.85. The van der Waals surface area contributed by atoms with E-state index in [-0.39, 0.29) is 18.3 Å². The third-order valence-electron chi connectivity index (χ3n) is 4.20. The number of hydrogen-bond donors (Lipinski definition) is 1.